The van der Waals surface area contributed by atoms with E-state index in [4.69, 9.17) is 21.0 Å². The normalized spacial score (nSPS) is 14.2. The Labute approximate surface area is 180 Å². The molecule has 0 spiro atoms. The highest BCUT2D eigenvalue weighted by molar-refractivity contribution is 6.33. The van der Waals surface area contributed by atoms with E-state index in [1.54, 1.807) is 0 Å². The average Bonchev–Trinajstić information content (AvgIpc) is 3.29. The molecule has 150 valence electrons. The fourth-order valence-corrected chi connectivity index (χ4v) is 4.26. The number of carbonyl (C=O) groups is 1. The van der Waals surface area contributed by atoms with E-state index in [0.29, 0.717) is 27.8 Å². The molecule has 2 aromatic heterocycles. The molecule has 3 heterocycles. The maximum Gasteiger partial charge on any atom is 0.254 e. The number of benzene rings is 2. The van der Waals surface area contributed by atoms with Gasteiger partial charge in [-0.05, 0) is 55.7 Å². The summed E-state index contributed by atoms with van der Waals surface area (Å²) < 4.78 is 6.09. The summed E-state index contributed by atoms with van der Waals surface area (Å²) >= 11 is 6.32. The van der Waals surface area contributed by atoms with Crippen molar-refractivity contribution < 1.29 is 9.21 Å². The molecule has 0 atom stereocenters. The highest BCUT2D eigenvalue weighted by atomic mass is 35.5. The molecule has 4 aromatic rings. The number of halogens is 1. The first-order valence-corrected chi connectivity index (χ1v) is 10.6. The molecule has 2 aromatic carbocycles. The minimum absolute atomic E-state index is 0.0624. The predicted molar refractivity (Wildman–Crippen MR) is 120 cm³/mol. The monoisotopic (exact) mass is 416 g/mol. The lowest BCUT2D eigenvalue weighted by molar-refractivity contribution is 0.0726. The number of pyridine rings is 1. The molecular formula is C25H21ClN2O2. The summed E-state index contributed by atoms with van der Waals surface area (Å²) in [6.45, 7) is 1.62. The van der Waals surface area contributed by atoms with E-state index in [9.17, 15) is 4.79 Å². The molecule has 5 heteroatoms. The van der Waals surface area contributed by atoms with Gasteiger partial charge in [0.05, 0.1) is 16.1 Å². The SMILES string of the molecule is O=C(c1cc(-c2ccc(-c3ccccc3Cl)o2)nc2ccccc12)N1CCCCC1. The van der Waals surface area contributed by atoms with Gasteiger partial charge in [-0.15, -0.1) is 0 Å². The molecular weight excluding hydrogens is 396 g/mol. The number of rotatable bonds is 3. The first-order valence-electron chi connectivity index (χ1n) is 10.2. The molecule has 1 fully saturated rings. The van der Waals surface area contributed by atoms with Crippen molar-refractivity contribution in [3.8, 4) is 22.8 Å². The van der Waals surface area contributed by atoms with E-state index < -0.39 is 0 Å². The second-order valence-corrected chi connectivity index (χ2v) is 7.98. The Bertz CT molecular complexity index is 1220. The Kier molecular flexibility index (Phi) is 5.01. The van der Waals surface area contributed by atoms with Gasteiger partial charge < -0.3 is 9.32 Å². The van der Waals surface area contributed by atoms with Gasteiger partial charge in [0.25, 0.3) is 5.91 Å². The maximum atomic E-state index is 13.3. The molecule has 0 saturated carbocycles. The summed E-state index contributed by atoms with van der Waals surface area (Å²) in [4.78, 5) is 20.0. The lowest BCUT2D eigenvalue weighted by Gasteiger charge is -2.27. The van der Waals surface area contributed by atoms with Gasteiger partial charge in [-0.3, -0.25) is 4.79 Å². The number of hydrogen-bond donors (Lipinski definition) is 0. The topological polar surface area (TPSA) is 46.3 Å². The van der Waals surface area contributed by atoms with Crippen molar-refractivity contribution in [1.82, 2.24) is 9.88 Å². The first kappa shape index (κ1) is 18.9. The third-order valence-electron chi connectivity index (χ3n) is 5.59. The van der Waals surface area contributed by atoms with Crippen LogP contribution in [0.15, 0.2) is 71.1 Å². The van der Waals surface area contributed by atoms with Crippen molar-refractivity contribution in [2.45, 2.75) is 19.3 Å². The van der Waals surface area contributed by atoms with Gasteiger partial charge in [0.15, 0.2) is 5.76 Å². The zero-order valence-electron chi connectivity index (χ0n) is 16.5. The summed E-state index contributed by atoms with van der Waals surface area (Å²) in [5.74, 6) is 1.35. The molecule has 1 aliphatic rings. The van der Waals surface area contributed by atoms with Crippen LogP contribution in [0.4, 0.5) is 0 Å². The molecule has 0 unspecified atom stereocenters. The molecule has 0 N–H and O–H groups in total. The number of likely N-dealkylation sites (tertiary alicyclic amines) is 1. The Morgan fingerprint density at radius 3 is 2.47 bits per heavy atom. The standard InChI is InChI=1S/C25H21ClN2O2/c26-20-10-4-2-9-18(20)23-12-13-24(30-23)22-16-19(17-8-3-5-11-21(17)27-22)25(29)28-14-6-1-7-15-28/h2-5,8-13,16H,1,6-7,14-15H2. The largest absolute Gasteiger partial charge is 0.454 e. The lowest BCUT2D eigenvalue weighted by Crippen LogP contribution is -2.35. The van der Waals surface area contributed by atoms with E-state index >= 15 is 0 Å². The van der Waals surface area contributed by atoms with Gasteiger partial charge in [0, 0.05) is 24.0 Å². The van der Waals surface area contributed by atoms with Gasteiger partial charge in [-0.1, -0.05) is 41.9 Å². The fraction of sp³-hybridized carbons (Fsp3) is 0.200. The van der Waals surface area contributed by atoms with Gasteiger partial charge in [-0.25, -0.2) is 4.98 Å². The van der Waals surface area contributed by atoms with Crippen LogP contribution in [0, 0.1) is 0 Å². The molecule has 1 amide bonds. The summed E-state index contributed by atoms with van der Waals surface area (Å²) in [5, 5.41) is 1.50. The third-order valence-corrected chi connectivity index (χ3v) is 5.92. The van der Waals surface area contributed by atoms with E-state index in [1.165, 1.54) is 6.42 Å². The molecule has 4 nitrogen and oxygen atoms in total. The van der Waals surface area contributed by atoms with Crippen molar-refractivity contribution in [2.75, 3.05) is 13.1 Å². The number of aromatic nitrogens is 1. The number of piperidine rings is 1. The number of para-hydroxylation sites is 1. The molecule has 0 aliphatic carbocycles. The van der Waals surface area contributed by atoms with Crippen LogP contribution in [0.25, 0.3) is 33.7 Å². The van der Waals surface area contributed by atoms with Crippen LogP contribution in [-0.2, 0) is 0 Å². The van der Waals surface area contributed by atoms with Crippen LogP contribution in [-0.4, -0.2) is 28.9 Å². The van der Waals surface area contributed by atoms with Crippen molar-refractivity contribution in [3.05, 3.63) is 77.3 Å². The summed E-state index contributed by atoms with van der Waals surface area (Å²) in [6.07, 6.45) is 3.30. The maximum absolute atomic E-state index is 13.3. The van der Waals surface area contributed by atoms with Crippen LogP contribution >= 0.6 is 11.6 Å². The number of fused-ring (bicyclic) bond motifs is 1. The predicted octanol–water partition coefficient (Wildman–Crippen LogP) is 6.44. The highest BCUT2D eigenvalue weighted by Gasteiger charge is 2.22. The zero-order chi connectivity index (χ0) is 20.5. The van der Waals surface area contributed by atoms with Gasteiger partial charge in [-0.2, -0.15) is 0 Å². The third kappa shape index (κ3) is 3.48. The number of carbonyl (C=O) groups excluding carboxylic acids is 1. The second kappa shape index (κ2) is 7.96. The molecule has 1 saturated heterocycles. The number of furan rings is 1. The molecule has 0 radical (unpaired) electrons. The van der Waals surface area contributed by atoms with Crippen molar-refractivity contribution in [1.29, 1.82) is 0 Å². The molecule has 5 rings (SSSR count). The number of hydrogen-bond acceptors (Lipinski definition) is 3. The smallest absolute Gasteiger partial charge is 0.254 e. The van der Waals surface area contributed by atoms with E-state index in [-0.39, 0.29) is 5.91 Å². The second-order valence-electron chi connectivity index (χ2n) is 7.57. The molecule has 0 bridgehead atoms. The van der Waals surface area contributed by atoms with E-state index in [2.05, 4.69) is 0 Å². The van der Waals surface area contributed by atoms with Crippen LogP contribution in [0.3, 0.4) is 0 Å². The van der Waals surface area contributed by atoms with Crippen LogP contribution in [0.5, 0.6) is 0 Å². The van der Waals surface area contributed by atoms with Crippen molar-refractivity contribution in [3.63, 3.8) is 0 Å². The average molecular weight is 417 g/mol. The van der Waals surface area contributed by atoms with Gasteiger partial charge in [0.2, 0.25) is 0 Å². The fourth-order valence-electron chi connectivity index (χ4n) is 4.03. The number of nitrogens with zero attached hydrogens (tertiary/aromatic N) is 2. The van der Waals surface area contributed by atoms with Crippen molar-refractivity contribution in [2.24, 2.45) is 0 Å². The Morgan fingerprint density at radius 2 is 1.63 bits per heavy atom. The lowest BCUT2D eigenvalue weighted by atomic mass is 10.0. The molecule has 1 aliphatic heterocycles. The minimum atomic E-state index is 0.0624. The van der Waals surface area contributed by atoms with Gasteiger partial charge in [0.1, 0.15) is 11.5 Å². The summed E-state index contributed by atoms with van der Waals surface area (Å²) in [7, 11) is 0. The zero-order valence-corrected chi connectivity index (χ0v) is 17.2. The first-order chi connectivity index (χ1) is 14.7. The summed E-state index contributed by atoms with van der Waals surface area (Å²) in [6, 6.07) is 21.0. The Balaban J connectivity index is 1.59. The van der Waals surface area contributed by atoms with E-state index in [0.717, 1.165) is 42.4 Å². The van der Waals surface area contributed by atoms with Crippen LogP contribution in [0.1, 0.15) is 29.6 Å². The quantitative estimate of drug-likeness (QED) is 0.386. The van der Waals surface area contributed by atoms with E-state index in [1.807, 2.05) is 71.6 Å². The Morgan fingerprint density at radius 1 is 0.900 bits per heavy atom. The number of amides is 1. The minimum Gasteiger partial charge on any atom is -0.454 e. The van der Waals surface area contributed by atoms with Crippen molar-refractivity contribution >= 4 is 28.4 Å². The van der Waals surface area contributed by atoms with Crippen LogP contribution < -0.4 is 0 Å². The molecule has 30 heavy (non-hydrogen) atoms. The highest BCUT2D eigenvalue weighted by Crippen LogP contribution is 2.33. The van der Waals surface area contributed by atoms with Crippen LogP contribution in [0.2, 0.25) is 5.02 Å². The van der Waals surface area contributed by atoms with Gasteiger partial charge >= 0.3 is 0 Å². The summed E-state index contributed by atoms with van der Waals surface area (Å²) in [5.41, 5.74) is 2.93. The Hall–Kier alpha value is -3.11.